The highest BCUT2D eigenvalue weighted by Gasteiger charge is 2.30. The van der Waals surface area contributed by atoms with Gasteiger partial charge in [-0.15, -0.1) is 0 Å². The lowest BCUT2D eigenvalue weighted by atomic mass is 10.0. The maximum absolute atomic E-state index is 14.9. The minimum atomic E-state index is -0.621. The number of carbonyl (C=O) groups excluding carboxylic acids is 2. The maximum atomic E-state index is 14.9. The van der Waals surface area contributed by atoms with Crippen LogP contribution in [0.15, 0.2) is 71.3 Å². The van der Waals surface area contributed by atoms with Gasteiger partial charge in [-0.1, -0.05) is 60.9 Å². The summed E-state index contributed by atoms with van der Waals surface area (Å²) in [6.07, 6.45) is 0. The molecule has 2 heterocycles. The number of halogens is 3. The second-order valence-corrected chi connectivity index (χ2v) is 11.9. The topological polar surface area (TPSA) is 81.9 Å². The molecule has 1 saturated heterocycles. The molecular weight excluding hydrogens is 600 g/mol. The summed E-state index contributed by atoms with van der Waals surface area (Å²) in [7, 11) is 0. The van der Waals surface area contributed by atoms with Crippen molar-refractivity contribution in [1.29, 1.82) is 0 Å². The molecule has 3 amide bonds. The molecule has 0 bridgehead atoms. The number of nitrogens with zero attached hydrogens (tertiary/aromatic N) is 4. The predicted octanol–water partition coefficient (Wildman–Crippen LogP) is 7.20. The van der Waals surface area contributed by atoms with Crippen molar-refractivity contribution in [3.63, 3.8) is 0 Å². The molecule has 0 unspecified atom stereocenters. The first-order valence-corrected chi connectivity index (χ1v) is 15.3. The molecule has 0 saturated carbocycles. The second kappa shape index (κ2) is 14.2. The molecule has 1 aliphatic heterocycles. The standard InChI is InChI=1S/C34H36ClF2N5O3/c1-22(2)25-9-13-27(14-10-25)38-34(44)41-18-15-40(16-19-41)17-20-42(21-24-7-11-26(36)12-8-24)33(43)30-23(3)45-39-32(30)31-28(35)5-4-6-29(31)37/h4-14,22H,15-21H2,1-3H3,(H,38,44). The van der Waals surface area contributed by atoms with Gasteiger partial charge in [0.2, 0.25) is 0 Å². The first kappa shape index (κ1) is 32.1. The Hall–Kier alpha value is -4.28. The van der Waals surface area contributed by atoms with Crippen LogP contribution in [-0.4, -0.2) is 71.1 Å². The van der Waals surface area contributed by atoms with Gasteiger partial charge < -0.3 is 19.6 Å². The number of rotatable bonds is 9. The average Bonchev–Trinajstić information content (AvgIpc) is 3.40. The Morgan fingerprint density at radius 1 is 1.00 bits per heavy atom. The van der Waals surface area contributed by atoms with Gasteiger partial charge in [0.15, 0.2) is 0 Å². The molecule has 236 valence electrons. The zero-order chi connectivity index (χ0) is 32.1. The SMILES string of the molecule is Cc1onc(-c2c(F)cccc2Cl)c1C(=O)N(CCN1CCN(C(=O)Nc2ccc(C(C)C)cc2)CC1)Cc1ccc(F)cc1. The van der Waals surface area contributed by atoms with Gasteiger partial charge in [0.25, 0.3) is 5.91 Å². The van der Waals surface area contributed by atoms with E-state index in [9.17, 15) is 18.4 Å². The average molecular weight is 636 g/mol. The third-order valence-corrected chi connectivity index (χ3v) is 8.34. The summed E-state index contributed by atoms with van der Waals surface area (Å²) in [5.74, 6) is -0.759. The zero-order valence-corrected chi connectivity index (χ0v) is 26.3. The number of urea groups is 1. The van der Waals surface area contributed by atoms with Crippen molar-refractivity contribution in [3.8, 4) is 11.3 Å². The quantitative estimate of drug-likeness (QED) is 0.210. The summed E-state index contributed by atoms with van der Waals surface area (Å²) in [6.45, 7) is 9.19. The van der Waals surface area contributed by atoms with Crippen molar-refractivity contribution >= 4 is 29.2 Å². The molecule has 0 atom stereocenters. The smallest absolute Gasteiger partial charge is 0.321 e. The van der Waals surface area contributed by atoms with E-state index in [0.717, 1.165) is 11.3 Å². The lowest BCUT2D eigenvalue weighted by Gasteiger charge is -2.36. The third-order valence-electron chi connectivity index (χ3n) is 8.02. The van der Waals surface area contributed by atoms with Gasteiger partial charge in [0, 0.05) is 51.5 Å². The largest absolute Gasteiger partial charge is 0.360 e. The Morgan fingerprint density at radius 3 is 2.33 bits per heavy atom. The van der Waals surface area contributed by atoms with Crippen LogP contribution < -0.4 is 5.32 Å². The molecule has 11 heteroatoms. The van der Waals surface area contributed by atoms with Crippen LogP contribution in [0.1, 0.15) is 47.0 Å². The summed E-state index contributed by atoms with van der Waals surface area (Å²) in [6, 6.07) is 17.9. The summed E-state index contributed by atoms with van der Waals surface area (Å²) in [4.78, 5) is 32.5. The number of anilines is 1. The Morgan fingerprint density at radius 2 is 1.69 bits per heavy atom. The van der Waals surface area contributed by atoms with Crippen molar-refractivity contribution < 1.29 is 22.9 Å². The van der Waals surface area contributed by atoms with Crippen molar-refractivity contribution in [2.24, 2.45) is 0 Å². The van der Waals surface area contributed by atoms with E-state index in [0.29, 0.717) is 45.2 Å². The van der Waals surface area contributed by atoms with Crippen molar-refractivity contribution in [2.45, 2.75) is 33.2 Å². The Bertz CT molecular complexity index is 1610. The molecule has 1 fully saturated rings. The number of aryl methyl sites for hydroxylation is 1. The highest BCUT2D eigenvalue weighted by Crippen LogP contribution is 2.34. The van der Waals surface area contributed by atoms with Gasteiger partial charge in [-0.2, -0.15) is 0 Å². The molecule has 0 aliphatic carbocycles. The van der Waals surface area contributed by atoms with Gasteiger partial charge in [0.05, 0.1) is 10.6 Å². The second-order valence-electron chi connectivity index (χ2n) is 11.4. The Balaban J connectivity index is 1.26. The molecule has 3 aromatic carbocycles. The summed E-state index contributed by atoms with van der Waals surface area (Å²) in [5, 5.41) is 7.08. The van der Waals surface area contributed by atoms with Gasteiger partial charge in [-0.3, -0.25) is 9.69 Å². The lowest BCUT2D eigenvalue weighted by Crippen LogP contribution is -2.51. The van der Waals surface area contributed by atoms with Crippen LogP contribution in [0.5, 0.6) is 0 Å². The number of benzene rings is 3. The van der Waals surface area contributed by atoms with Crippen LogP contribution in [0.3, 0.4) is 0 Å². The van der Waals surface area contributed by atoms with E-state index in [1.54, 1.807) is 28.9 Å². The summed E-state index contributed by atoms with van der Waals surface area (Å²) in [5.41, 5.74) is 2.83. The highest BCUT2D eigenvalue weighted by molar-refractivity contribution is 6.33. The number of nitrogens with one attached hydrogen (secondary N) is 1. The monoisotopic (exact) mass is 635 g/mol. The Labute approximate surface area is 266 Å². The van der Waals surface area contributed by atoms with E-state index in [4.69, 9.17) is 16.1 Å². The molecule has 1 aliphatic rings. The third kappa shape index (κ3) is 7.69. The molecule has 8 nitrogen and oxygen atoms in total. The van der Waals surface area contributed by atoms with Crippen LogP contribution in [0.25, 0.3) is 11.3 Å². The number of amides is 3. The van der Waals surface area contributed by atoms with E-state index in [2.05, 4.69) is 29.2 Å². The first-order chi connectivity index (χ1) is 21.6. The lowest BCUT2D eigenvalue weighted by molar-refractivity contribution is 0.0703. The first-order valence-electron chi connectivity index (χ1n) is 14.9. The van der Waals surface area contributed by atoms with Crippen molar-refractivity contribution in [1.82, 2.24) is 19.9 Å². The maximum Gasteiger partial charge on any atom is 0.321 e. The fraction of sp³-hybridized carbons (Fsp3) is 0.324. The minimum absolute atomic E-state index is 0.00800. The number of hydrogen-bond donors (Lipinski definition) is 1. The van der Waals surface area contributed by atoms with Crippen molar-refractivity contribution in [2.75, 3.05) is 44.6 Å². The fourth-order valence-electron chi connectivity index (χ4n) is 5.33. The highest BCUT2D eigenvalue weighted by atomic mass is 35.5. The van der Waals surface area contributed by atoms with Crippen LogP contribution >= 0.6 is 11.6 Å². The van der Waals surface area contributed by atoms with E-state index in [1.807, 2.05) is 24.3 Å². The molecule has 5 rings (SSSR count). The summed E-state index contributed by atoms with van der Waals surface area (Å²) >= 11 is 6.31. The molecule has 1 aromatic heterocycles. The van der Waals surface area contributed by atoms with Gasteiger partial charge in [-0.05, 0) is 60.4 Å². The molecule has 45 heavy (non-hydrogen) atoms. The van der Waals surface area contributed by atoms with Crippen LogP contribution in [-0.2, 0) is 6.54 Å². The molecule has 4 aromatic rings. The predicted molar refractivity (Wildman–Crippen MR) is 170 cm³/mol. The molecular formula is C34H36ClF2N5O3. The molecule has 0 radical (unpaired) electrons. The summed E-state index contributed by atoms with van der Waals surface area (Å²) < 4.78 is 33.8. The normalized spacial score (nSPS) is 13.7. The van der Waals surface area contributed by atoms with Gasteiger partial charge in [-0.25, -0.2) is 13.6 Å². The van der Waals surface area contributed by atoms with Gasteiger partial charge >= 0.3 is 6.03 Å². The van der Waals surface area contributed by atoms with Gasteiger partial charge in [0.1, 0.15) is 28.7 Å². The minimum Gasteiger partial charge on any atom is -0.360 e. The van der Waals surface area contributed by atoms with E-state index in [1.165, 1.54) is 35.9 Å². The fourth-order valence-corrected chi connectivity index (χ4v) is 5.58. The zero-order valence-electron chi connectivity index (χ0n) is 25.5. The molecule has 1 N–H and O–H groups in total. The molecule has 0 spiro atoms. The van der Waals surface area contributed by atoms with Crippen LogP contribution in [0.2, 0.25) is 5.02 Å². The Kier molecular flexibility index (Phi) is 10.1. The number of carbonyl (C=O) groups is 2. The van der Waals surface area contributed by atoms with Crippen LogP contribution in [0, 0.1) is 18.6 Å². The van der Waals surface area contributed by atoms with Crippen molar-refractivity contribution in [3.05, 3.63) is 106 Å². The number of aromatic nitrogens is 1. The number of piperazine rings is 1. The van der Waals surface area contributed by atoms with Crippen LogP contribution in [0.4, 0.5) is 19.3 Å². The van der Waals surface area contributed by atoms with E-state index >= 15 is 0 Å². The number of hydrogen-bond acceptors (Lipinski definition) is 5. The van der Waals surface area contributed by atoms with E-state index < -0.39 is 11.7 Å². The van der Waals surface area contributed by atoms with E-state index in [-0.39, 0.29) is 46.0 Å².